The maximum Gasteiger partial charge on any atom is 0.326 e. The van der Waals surface area contributed by atoms with Crippen LogP contribution in [0.15, 0.2) is 85.1 Å². The van der Waals surface area contributed by atoms with E-state index in [2.05, 4.69) is 20.9 Å². The van der Waals surface area contributed by atoms with Crippen LogP contribution in [0.1, 0.15) is 23.6 Å². The molecule has 0 saturated heterocycles. The molecule has 1 aromatic heterocycles. The van der Waals surface area contributed by atoms with Gasteiger partial charge < -0.3 is 42.0 Å². The summed E-state index contributed by atoms with van der Waals surface area (Å²) in [5, 5.41) is 38.0. The lowest BCUT2D eigenvalue weighted by atomic mass is 10.0. The Balaban J connectivity index is 1.61. The van der Waals surface area contributed by atoms with Crippen LogP contribution in [-0.4, -0.2) is 74.3 Å². The van der Waals surface area contributed by atoms with Gasteiger partial charge in [0.1, 0.15) is 29.9 Å². The lowest BCUT2D eigenvalue weighted by Gasteiger charge is -2.26. The molecule has 0 spiro atoms. The lowest BCUT2D eigenvalue weighted by Crippen LogP contribution is -2.59. The number of H-pyrrole nitrogens is 1. The zero-order chi connectivity index (χ0) is 32.5. The number of fused-ring (bicyclic) bond motifs is 1. The largest absolute Gasteiger partial charge is 0.508 e. The number of carbonyl (C=O) groups is 4. The number of carbonyl (C=O) groups excluding carboxylic acids is 3. The third kappa shape index (κ3) is 8.91. The van der Waals surface area contributed by atoms with Crippen molar-refractivity contribution in [1.29, 1.82) is 0 Å². The summed E-state index contributed by atoms with van der Waals surface area (Å²) >= 11 is 0. The normalized spacial score (nSPS) is 14.5. The molecule has 4 aromatic rings. The van der Waals surface area contributed by atoms with Gasteiger partial charge in [-0.1, -0.05) is 60.7 Å². The molecule has 0 aliphatic carbocycles. The Morgan fingerprint density at radius 2 is 1.27 bits per heavy atom. The molecule has 236 valence electrons. The summed E-state index contributed by atoms with van der Waals surface area (Å²) in [5.74, 6) is -3.46. The van der Waals surface area contributed by atoms with E-state index >= 15 is 0 Å². The molecule has 3 aromatic carbocycles. The molecule has 0 aliphatic rings. The first-order valence-corrected chi connectivity index (χ1v) is 14.5. The Hall–Kier alpha value is -5.20. The molecule has 1 heterocycles. The fourth-order valence-corrected chi connectivity index (χ4v) is 4.89. The van der Waals surface area contributed by atoms with E-state index in [4.69, 9.17) is 5.73 Å². The second-order valence-corrected chi connectivity index (χ2v) is 10.9. The Kier molecular flexibility index (Phi) is 10.9. The Bertz CT molecular complexity index is 1620. The van der Waals surface area contributed by atoms with Gasteiger partial charge in [0.05, 0.1) is 6.10 Å². The van der Waals surface area contributed by atoms with E-state index in [9.17, 15) is 34.5 Å². The average Bonchev–Trinajstić information content (AvgIpc) is 3.43. The number of aliphatic hydroxyl groups excluding tert-OH is 1. The highest BCUT2D eigenvalue weighted by atomic mass is 16.4. The van der Waals surface area contributed by atoms with Crippen molar-refractivity contribution in [3.63, 3.8) is 0 Å². The maximum atomic E-state index is 13.8. The van der Waals surface area contributed by atoms with Crippen molar-refractivity contribution >= 4 is 34.6 Å². The van der Waals surface area contributed by atoms with Gasteiger partial charge in [-0.05, 0) is 41.8 Å². The summed E-state index contributed by atoms with van der Waals surface area (Å²) in [6.07, 6.45) is 0.538. The van der Waals surface area contributed by atoms with Gasteiger partial charge in [-0.25, -0.2) is 4.79 Å². The molecular formula is C33H37N5O7. The third-order valence-corrected chi connectivity index (χ3v) is 7.46. The molecule has 3 amide bonds. The lowest BCUT2D eigenvalue weighted by molar-refractivity contribution is -0.142. The number of aromatic amines is 1. The number of hydrogen-bond donors (Lipinski definition) is 8. The van der Waals surface area contributed by atoms with E-state index in [1.165, 1.54) is 19.1 Å². The smallest absolute Gasteiger partial charge is 0.326 e. The topological polar surface area (TPSA) is 207 Å². The van der Waals surface area contributed by atoms with E-state index in [0.29, 0.717) is 11.1 Å². The van der Waals surface area contributed by atoms with E-state index in [-0.39, 0.29) is 25.0 Å². The summed E-state index contributed by atoms with van der Waals surface area (Å²) < 4.78 is 0. The first kappa shape index (κ1) is 32.7. The minimum absolute atomic E-state index is 0.00628. The van der Waals surface area contributed by atoms with Gasteiger partial charge in [0.2, 0.25) is 17.7 Å². The van der Waals surface area contributed by atoms with Crippen LogP contribution in [0, 0.1) is 0 Å². The second kappa shape index (κ2) is 15.0. The van der Waals surface area contributed by atoms with Crippen molar-refractivity contribution in [2.45, 2.75) is 56.5 Å². The fourth-order valence-electron chi connectivity index (χ4n) is 4.89. The number of carboxylic acid groups (broad SMARTS) is 1. The van der Waals surface area contributed by atoms with Crippen molar-refractivity contribution in [2.75, 3.05) is 0 Å². The number of aliphatic carboxylic acids is 1. The molecule has 9 N–H and O–H groups in total. The fraction of sp³-hybridized carbons (Fsp3) is 0.273. The quantitative estimate of drug-likeness (QED) is 0.103. The standard InChI is InChI=1S/C33H37N5O7/c1-19(39)29(34)32(43)37-26(15-20-7-3-2-4-8-20)30(41)36-27(17-22-18-35-25-10-6-5-9-24(22)25)31(42)38-28(33(44)45)16-21-11-13-23(40)14-12-21/h2-14,18-19,26-29,35,39-40H,15-17,34H2,1H3,(H,36,41)(H,37,43)(H,38,42)(H,44,45). The minimum Gasteiger partial charge on any atom is -0.508 e. The first-order valence-electron chi connectivity index (χ1n) is 14.5. The number of hydrogen-bond acceptors (Lipinski definition) is 7. The van der Waals surface area contributed by atoms with Crippen LogP contribution in [0.5, 0.6) is 5.75 Å². The monoisotopic (exact) mass is 615 g/mol. The molecule has 45 heavy (non-hydrogen) atoms. The maximum absolute atomic E-state index is 13.8. The molecule has 0 radical (unpaired) electrons. The number of aliphatic hydroxyl groups is 1. The number of phenolic OH excluding ortho intramolecular Hbond substituents is 1. The summed E-state index contributed by atoms with van der Waals surface area (Å²) in [7, 11) is 0. The van der Waals surface area contributed by atoms with Crippen LogP contribution >= 0.6 is 0 Å². The number of aromatic nitrogens is 1. The van der Waals surface area contributed by atoms with E-state index in [1.807, 2.05) is 24.3 Å². The Labute approximate surface area is 259 Å². The van der Waals surface area contributed by atoms with Crippen LogP contribution in [0.2, 0.25) is 0 Å². The van der Waals surface area contributed by atoms with Crippen molar-refractivity contribution in [3.05, 3.63) is 102 Å². The third-order valence-electron chi connectivity index (χ3n) is 7.46. The molecule has 12 nitrogen and oxygen atoms in total. The van der Waals surface area contributed by atoms with Crippen molar-refractivity contribution in [2.24, 2.45) is 5.73 Å². The van der Waals surface area contributed by atoms with Gasteiger partial charge in [0, 0.05) is 36.4 Å². The highest BCUT2D eigenvalue weighted by Crippen LogP contribution is 2.20. The number of rotatable bonds is 14. The number of phenols is 1. The van der Waals surface area contributed by atoms with Crippen LogP contribution in [0.3, 0.4) is 0 Å². The van der Waals surface area contributed by atoms with E-state index in [1.54, 1.807) is 48.7 Å². The van der Waals surface area contributed by atoms with Gasteiger partial charge in [0.15, 0.2) is 0 Å². The van der Waals surface area contributed by atoms with Crippen molar-refractivity contribution in [3.8, 4) is 5.75 Å². The summed E-state index contributed by atoms with van der Waals surface area (Å²) in [6.45, 7) is 1.36. The van der Waals surface area contributed by atoms with Gasteiger partial charge in [0.25, 0.3) is 0 Å². The Morgan fingerprint density at radius 3 is 1.91 bits per heavy atom. The van der Waals surface area contributed by atoms with Gasteiger partial charge in [-0.15, -0.1) is 0 Å². The molecular weight excluding hydrogens is 578 g/mol. The summed E-state index contributed by atoms with van der Waals surface area (Å²) in [4.78, 5) is 55.6. The molecule has 0 saturated carbocycles. The summed E-state index contributed by atoms with van der Waals surface area (Å²) in [5.41, 5.74) is 8.63. The number of amides is 3. The van der Waals surface area contributed by atoms with Crippen LogP contribution in [0.4, 0.5) is 0 Å². The molecule has 0 fully saturated rings. The molecule has 5 unspecified atom stereocenters. The van der Waals surface area contributed by atoms with Crippen LogP contribution in [-0.2, 0) is 38.4 Å². The van der Waals surface area contributed by atoms with Crippen LogP contribution in [0.25, 0.3) is 10.9 Å². The number of carboxylic acids is 1. The SMILES string of the molecule is CC(O)C(N)C(=O)NC(Cc1ccccc1)C(=O)NC(Cc1c[nH]c2ccccc12)C(=O)NC(Cc1ccc(O)cc1)C(=O)O. The Morgan fingerprint density at radius 1 is 0.733 bits per heavy atom. The van der Waals surface area contributed by atoms with Crippen LogP contribution < -0.4 is 21.7 Å². The van der Waals surface area contributed by atoms with Crippen molar-refractivity contribution in [1.82, 2.24) is 20.9 Å². The number of benzene rings is 3. The van der Waals surface area contributed by atoms with E-state index < -0.39 is 54.0 Å². The number of nitrogens with one attached hydrogen (secondary N) is 4. The zero-order valence-corrected chi connectivity index (χ0v) is 24.6. The van der Waals surface area contributed by atoms with Gasteiger partial charge >= 0.3 is 5.97 Å². The summed E-state index contributed by atoms with van der Waals surface area (Å²) in [6, 6.07) is 17.2. The predicted octanol–water partition coefficient (Wildman–Crippen LogP) is 1.15. The molecule has 12 heteroatoms. The van der Waals surface area contributed by atoms with Gasteiger partial charge in [-0.3, -0.25) is 14.4 Å². The minimum atomic E-state index is -1.34. The number of para-hydroxylation sites is 1. The molecule has 0 bridgehead atoms. The number of aromatic hydroxyl groups is 1. The highest BCUT2D eigenvalue weighted by Gasteiger charge is 2.32. The van der Waals surface area contributed by atoms with Gasteiger partial charge in [-0.2, -0.15) is 0 Å². The first-order chi connectivity index (χ1) is 21.5. The second-order valence-electron chi connectivity index (χ2n) is 10.9. The highest BCUT2D eigenvalue weighted by molar-refractivity contribution is 5.95. The van der Waals surface area contributed by atoms with Crippen molar-refractivity contribution < 1.29 is 34.5 Å². The van der Waals surface area contributed by atoms with E-state index in [0.717, 1.165) is 16.5 Å². The number of nitrogens with two attached hydrogens (primary N) is 1. The zero-order valence-electron chi connectivity index (χ0n) is 24.6. The molecule has 5 atom stereocenters. The predicted molar refractivity (Wildman–Crippen MR) is 167 cm³/mol. The average molecular weight is 616 g/mol. The molecule has 4 rings (SSSR count). The molecule has 0 aliphatic heterocycles.